The van der Waals surface area contributed by atoms with E-state index in [4.69, 9.17) is 0 Å². The van der Waals surface area contributed by atoms with Crippen molar-refractivity contribution in [1.29, 1.82) is 0 Å². The van der Waals surface area contributed by atoms with Gasteiger partial charge in [-0.25, -0.2) is 14.4 Å². The maximum atomic E-state index is 13.1. The van der Waals surface area contributed by atoms with Gasteiger partial charge in [0.15, 0.2) is 0 Å². The molecule has 1 saturated heterocycles. The Balaban J connectivity index is 1.57. The summed E-state index contributed by atoms with van der Waals surface area (Å²) >= 11 is 0. The minimum absolute atomic E-state index is 0.192. The van der Waals surface area contributed by atoms with Crippen LogP contribution >= 0.6 is 0 Å². The minimum atomic E-state index is -0.192. The molecular formula is C19H19FN4. The number of rotatable bonds is 2. The SMILES string of the molecule is Fc1ccc(N2CCCN(c3ncnc4ccccc34)CC2)cc1. The molecule has 0 bridgehead atoms. The van der Waals surface area contributed by atoms with Crippen LogP contribution in [0.25, 0.3) is 10.9 Å². The molecule has 0 spiro atoms. The van der Waals surface area contributed by atoms with Crippen molar-refractivity contribution in [2.75, 3.05) is 36.0 Å². The fourth-order valence-electron chi connectivity index (χ4n) is 3.28. The first-order chi connectivity index (χ1) is 11.8. The highest BCUT2D eigenvalue weighted by Gasteiger charge is 2.18. The van der Waals surface area contributed by atoms with E-state index in [1.54, 1.807) is 6.33 Å². The fraction of sp³-hybridized carbons (Fsp3) is 0.263. The van der Waals surface area contributed by atoms with Crippen LogP contribution in [0.4, 0.5) is 15.9 Å². The molecule has 0 radical (unpaired) electrons. The van der Waals surface area contributed by atoms with Crippen LogP contribution < -0.4 is 9.80 Å². The molecule has 0 amide bonds. The van der Waals surface area contributed by atoms with Crippen molar-refractivity contribution in [2.24, 2.45) is 0 Å². The van der Waals surface area contributed by atoms with Crippen LogP contribution in [-0.2, 0) is 0 Å². The summed E-state index contributed by atoms with van der Waals surface area (Å²) in [5, 5.41) is 1.09. The van der Waals surface area contributed by atoms with Gasteiger partial charge in [0.2, 0.25) is 0 Å². The molecule has 0 N–H and O–H groups in total. The van der Waals surface area contributed by atoms with Gasteiger partial charge < -0.3 is 9.80 Å². The summed E-state index contributed by atoms with van der Waals surface area (Å²) in [4.78, 5) is 13.5. The largest absolute Gasteiger partial charge is 0.370 e. The summed E-state index contributed by atoms with van der Waals surface area (Å²) in [5.74, 6) is 0.809. The maximum Gasteiger partial charge on any atom is 0.139 e. The Hall–Kier alpha value is -2.69. The number of fused-ring (bicyclic) bond motifs is 1. The third-order valence-electron chi connectivity index (χ3n) is 4.51. The van der Waals surface area contributed by atoms with Gasteiger partial charge in [-0.05, 0) is 42.8 Å². The number of hydrogen-bond donors (Lipinski definition) is 0. The normalized spacial score (nSPS) is 15.5. The first-order valence-electron chi connectivity index (χ1n) is 8.26. The minimum Gasteiger partial charge on any atom is -0.370 e. The highest BCUT2D eigenvalue weighted by molar-refractivity contribution is 5.89. The molecule has 0 unspecified atom stereocenters. The Labute approximate surface area is 140 Å². The smallest absolute Gasteiger partial charge is 0.139 e. The summed E-state index contributed by atoms with van der Waals surface area (Å²) in [6.07, 6.45) is 2.68. The third kappa shape index (κ3) is 2.89. The molecule has 1 fully saturated rings. The molecule has 5 heteroatoms. The summed E-state index contributed by atoms with van der Waals surface area (Å²) < 4.78 is 13.1. The van der Waals surface area contributed by atoms with E-state index in [9.17, 15) is 4.39 Å². The van der Waals surface area contributed by atoms with Gasteiger partial charge in [-0.2, -0.15) is 0 Å². The molecule has 24 heavy (non-hydrogen) atoms. The zero-order chi connectivity index (χ0) is 16.4. The van der Waals surface area contributed by atoms with Crippen molar-refractivity contribution in [3.8, 4) is 0 Å². The lowest BCUT2D eigenvalue weighted by atomic mass is 10.2. The standard InChI is InChI=1S/C19H19FN4/c20-15-6-8-16(9-7-15)23-10-3-11-24(13-12-23)19-17-4-1-2-5-18(17)21-14-22-19/h1-2,4-9,14H,3,10-13H2. The average Bonchev–Trinajstić information content (AvgIpc) is 2.88. The molecule has 0 saturated carbocycles. The second-order valence-corrected chi connectivity index (χ2v) is 6.02. The van der Waals surface area contributed by atoms with E-state index in [0.29, 0.717) is 0 Å². The Morgan fingerprint density at radius 3 is 2.42 bits per heavy atom. The number of benzene rings is 2. The van der Waals surface area contributed by atoms with Gasteiger partial charge in [0.05, 0.1) is 5.52 Å². The topological polar surface area (TPSA) is 32.3 Å². The Bertz CT molecular complexity index is 829. The second-order valence-electron chi connectivity index (χ2n) is 6.02. The molecule has 1 aliphatic rings. The van der Waals surface area contributed by atoms with Crippen LogP contribution in [0.5, 0.6) is 0 Å². The molecule has 1 aromatic heterocycles. The van der Waals surface area contributed by atoms with Crippen LogP contribution in [0.1, 0.15) is 6.42 Å². The molecule has 3 aromatic rings. The van der Waals surface area contributed by atoms with Crippen molar-refractivity contribution < 1.29 is 4.39 Å². The molecule has 0 aliphatic carbocycles. The monoisotopic (exact) mass is 322 g/mol. The molecule has 1 aliphatic heterocycles. The van der Waals surface area contributed by atoms with Crippen molar-refractivity contribution >= 4 is 22.4 Å². The van der Waals surface area contributed by atoms with Gasteiger partial charge in [0.1, 0.15) is 18.0 Å². The van der Waals surface area contributed by atoms with Crippen molar-refractivity contribution in [3.05, 3.63) is 60.7 Å². The summed E-state index contributed by atoms with van der Waals surface area (Å²) in [6, 6.07) is 14.9. The second kappa shape index (κ2) is 6.43. The number of anilines is 2. The van der Waals surface area contributed by atoms with Crippen LogP contribution in [0, 0.1) is 5.82 Å². The molecule has 2 heterocycles. The van der Waals surface area contributed by atoms with Gasteiger partial charge in [0, 0.05) is 37.3 Å². The lowest BCUT2D eigenvalue weighted by molar-refractivity contribution is 0.627. The lowest BCUT2D eigenvalue weighted by Crippen LogP contribution is -2.31. The third-order valence-corrected chi connectivity index (χ3v) is 4.51. The van der Waals surface area contributed by atoms with Gasteiger partial charge in [-0.3, -0.25) is 0 Å². The predicted molar refractivity (Wildman–Crippen MR) is 95.0 cm³/mol. The van der Waals surface area contributed by atoms with Gasteiger partial charge >= 0.3 is 0 Å². The summed E-state index contributed by atoms with van der Waals surface area (Å²) in [6.45, 7) is 3.70. The quantitative estimate of drug-likeness (QED) is 0.723. The molecule has 122 valence electrons. The number of nitrogens with zero attached hydrogens (tertiary/aromatic N) is 4. The molecule has 4 nitrogen and oxygen atoms in total. The van der Waals surface area contributed by atoms with Crippen LogP contribution in [0.3, 0.4) is 0 Å². The maximum absolute atomic E-state index is 13.1. The Kier molecular flexibility index (Phi) is 3.99. The summed E-state index contributed by atoms with van der Waals surface area (Å²) in [5.41, 5.74) is 2.05. The first-order valence-corrected chi connectivity index (χ1v) is 8.26. The fourth-order valence-corrected chi connectivity index (χ4v) is 3.28. The van der Waals surface area contributed by atoms with E-state index in [2.05, 4.69) is 25.8 Å². The highest BCUT2D eigenvalue weighted by Crippen LogP contribution is 2.24. The Morgan fingerprint density at radius 1 is 0.792 bits per heavy atom. The van der Waals surface area contributed by atoms with E-state index in [1.807, 2.05) is 30.3 Å². The number of para-hydroxylation sites is 1. The molecular weight excluding hydrogens is 303 g/mol. The number of halogens is 1. The predicted octanol–water partition coefficient (Wildman–Crippen LogP) is 3.49. The van der Waals surface area contributed by atoms with Crippen LogP contribution in [0.2, 0.25) is 0 Å². The van der Waals surface area contributed by atoms with E-state index in [1.165, 1.54) is 12.1 Å². The van der Waals surface area contributed by atoms with E-state index in [0.717, 1.165) is 55.0 Å². The van der Waals surface area contributed by atoms with Crippen molar-refractivity contribution in [1.82, 2.24) is 9.97 Å². The van der Waals surface area contributed by atoms with E-state index >= 15 is 0 Å². The van der Waals surface area contributed by atoms with Crippen LogP contribution in [-0.4, -0.2) is 36.1 Å². The van der Waals surface area contributed by atoms with Crippen LogP contribution in [0.15, 0.2) is 54.9 Å². The first kappa shape index (κ1) is 14.9. The highest BCUT2D eigenvalue weighted by atomic mass is 19.1. The zero-order valence-electron chi connectivity index (χ0n) is 13.4. The van der Waals surface area contributed by atoms with Gasteiger partial charge in [-0.15, -0.1) is 0 Å². The summed E-state index contributed by atoms with van der Waals surface area (Å²) in [7, 11) is 0. The lowest BCUT2D eigenvalue weighted by Gasteiger charge is -2.24. The zero-order valence-corrected chi connectivity index (χ0v) is 13.4. The number of aromatic nitrogens is 2. The van der Waals surface area contributed by atoms with Crippen molar-refractivity contribution in [2.45, 2.75) is 6.42 Å². The molecule has 4 rings (SSSR count). The van der Waals surface area contributed by atoms with Crippen molar-refractivity contribution in [3.63, 3.8) is 0 Å². The van der Waals surface area contributed by atoms with Gasteiger partial charge in [-0.1, -0.05) is 12.1 Å². The van der Waals surface area contributed by atoms with Gasteiger partial charge in [0.25, 0.3) is 0 Å². The van der Waals surface area contributed by atoms with E-state index in [-0.39, 0.29) is 5.82 Å². The average molecular weight is 322 g/mol. The molecule has 0 atom stereocenters. The van der Waals surface area contributed by atoms with E-state index < -0.39 is 0 Å². The molecule has 2 aromatic carbocycles. The Morgan fingerprint density at radius 2 is 1.54 bits per heavy atom. The number of hydrogen-bond acceptors (Lipinski definition) is 4.